The second kappa shape index (κ2) is 4.38. The minimum Gasteiger partial charge on any atom is -0.507 e. The summed E-state index contributed by atoms with van der Waals surface area (Å²) in [5.74, 6) is 0.995. The molecule has 1 heterocycles. The van der Waals surface area contributed by atoms with E-state index < -0.39 is 0 Å². The van der Waals surface area contributed by atoms with Crippen LogP contribution in [0.25, 0.3) is 22.4 Å². The summed E-state index contributed by atoms with van der Waals surface area (Å²) in [5.41, 5.74) is 3.92. The summed E-state index contributed by atoms with van der Waals surface area (Å²) in [6.07, 6.45) is 0. The van der Waals surface area contributed by atoms with Crippen molar-refractivity contribution in [2.45, 2.75) is 6.92 Å². The molecule has 96 valence electrons. The maximum atomic E-state index is 10.1. The molecule has 1 N–H and O–H groups in total. The smallest absolute Gasteiger partial charge is 0.144 e. The van der Waals surface area contributed by atoms with Crippen molar-refractivity contribution in [1.82, 2.24) is 9.55 Å². The average molecular weight is 317 g/mol. The fourth-order valence-corrected chi connectivity index (χ4v) is 2.59. The van der Waals surface area contributed by atoms with Crippen LogP contribution in [0.4, 0.5) is 0 Å². The van der Waals surface area contributed by atoms with Crippen LogP contribution in [0.5, 0.6) is 5.75 Å². The van der Waals surface area contributed by atoms with Crippen molar-refractivity contribution in [2.75, 3.05) is 0 Å². The van der Waals surface area contributed by atoms with Gasteiger partial charge in [0.15, 0.2) is 0 Å². The second-order valence-corrected chi connectivity index (χ2v) is 5.56. The minimum absolute atomic E-state index is 0.226. The van der Waals surface area contributed by atoms with Crippen LogP contribution in [0, 0.1) is 6.92 Å². The monoisotopic (exact) mass is 316 g/mol. The van der Waals surface area contributed by atoms with Gasteiger partial charge in [0.05, 0.1) is 16.6 Å². The number of hydrogen-bond acceptors (Lipinski definition) is 2. The Morgan fingerprint density at radius 3 is 2.68 bits per heavy atom. The van der Waals surface area contributed by atoms with Gasteiger partial charge in [-0.1, -0.05) is 22.0 Å². The number of aromatic hydroxyl groups is 1. The molecule has 3 nitrogen and oxygen atoms in total. The molecular formula is C15H13BrN2O. The number of benzene rings is 2. The fraction of sp³-hybridized carbons (Fsp3) is 0.133. The summed E-state index contributed by atoms with van der Waals surface area (Å²) >= 11 is 3.34. The van der Waals surface area contributed by atoms with E-state index >= 15 is 0 Å². The number of phenols is 1. The van der Waals surface area contributed by atoms with Gasteiger partial charge in [0, 0.05) is 11.5 Å². The van der Waals surface area contributed by atoms with Gasteiger partial charge in [-0.2, -0.15) is 0 Å². The highest BCUT2D eigenvalue weighted by Crippen LogP contribution is 2.32. The number of phenolic OH excluding ortho intramolecular Hbond substituents is 1. The Hall–Kier alpha value is -1.81. The summed E-state index contributed by atoms with van der Waals surface area (Å²) < 4.78 is 2.85. The quantitative estimate of drug-likeness (QED) is 0.736. The van der Waals surface area contributed by atoms with Crippen LogP contribution in [0.15, 0.2) is 40.9 Å². The van der Waals surface area contributed by atoms with Gasteiger partial charge in [0.1, 0.15) is 11.6 Å². The van der Waals surface area contributed by atoms with E-state index in [0.29, 0.717) is 0 Å². The molecule has 0 radical (unpaired) electrons. The first kappa shape index (κ1) is 12.2. The molecule has 0 aliphatic rings. The zero-order valence-electron chi connectivity index (χ0n) is 10.7. The third-order valence-electron chi connectivity index (χ3n) is 3.24. The maximum Gasteiger partial charge on any atom is 0.144 e. The van der Waals surface area contributed by atoms with E-state index in [9.17, 15) is 5.11 Å². The van der Waals surface area contributed by atoms with Crippen molar-refractivity contribution in [2.24, 2.45) is 7.05 Å². The molecule has 3 aromatic rings. The van der Waals surface area contributed by atoms with E-state index in [4.69, 9.17) is 0 Å². The summed E-state index contributed by atoms with van der Waals surface area (Å²) in [7, 11) is 1.96. The van der Waals surface area contributed by atoms with Crippen LogP contribution in [-0.4, -0.2) is 14.7 Å². The number of imidazole rings is 1. The van der Waals surface area contributed by atoms with Gasteiger partial charge in [-0.25, -0.2) is 4.98 Å². The predicted octanol–water partition coefficient (Wildman–Crippen LogP) is 4.02. The van der Waals surface area contributed by atoms with Crippen molar-refractivity contribution in [1.29, 1.82) is 0 Å². The van der Waals surface area contributed by atoms with Crippen LogP contribution in [0.2, 0.25) is 0 Å². The SMILES string of the molecule is Cc1ccc2c(c1)nc(-c1ccc(Br)cc1O)n2C. The third kappa shape index (κ3) is 2.02. The number of fused-ring (bicyclic) bond motifs is 1. The minimum atomic E-state index is 0.226. The van der Waals surface area contributed by atoms with Gasteiger partial charge in [-0.05, 0) is 42.8 Å². The van der Waals surface area contributed by atoms with Crippen LogP contribution < -0.4 is 0 Å². The lowest BCUT2D eigenvalue weighted by Gasteiger charge is -2.05. The molecule has 0 aliphatic carbocycles. The zero-order chi connectivity index (χ0) is 13.6. The summed E-state index contributed by atoms with van der Waals surface area (Å²) in [5, 5.41) is 10.1. The molecule has 0 amide bonds. The zero-order valence-corrected chi connectivity index (χ0v) is 12.3. The summed E-state index contributed by atoms with van der Waals surface area (Å²) in [6.45, 7) is 2.05. The highest BCUT2D eigenvalue weighted by atomic mass is 79.9. The van der Waals surface area contributed by atoms with E-state index in [1.54, 1.807) is 6.07 Å². The van der Waals surface area contributed by atoms with E-state index in [-0.39, 0.29) is 5.75 Å². The molecule has 0 bridgehead atoms. The summed E-state index contributed by atoms with van der Waals surface area (Å²) in [6, 6.07) is 11.6. The first-order valence-corrected chi connectivity index (χ1v) is 6.77. The Bertz CT molecular complexity index is 777. The lowest BCUT2D eigenvalue weighted by molar-refractivity contribution is 0.476. The van der Waals surface area contributed by atoms with E-state index in [2.05, 4.69) is 39.1 Å². The molecule has 3 rings (SSSR count). The number of rotatable bonds is 1. The molecule has 0 unspecified atom stereocenters. The Morgan fingerprint density at radius 2 is 1.95 bits per heavy atom. The molecule has 19 heavy (non-hydrogen) atoms. The largest absolute Gasteiger partial charge is 0.507 e. The fourth-order valence-electron chi connectivity index (χ4n) is 2.24. The van der Waals surface area contributed by atoms with Crippen molar-refractivity contribution >= 4 is 27.0 Å². The lowest BCUT2D eigenvalue weighted by atomic mass is 10.2. The van der Waals surface area contributed by atoms with Crippen LogP contribution in [0.1, 0.15) is 5.56 Å². The number of hydrogen-bond donors (Lipinski definition) is 1. The van der Waals surface area contributed by atoms with Crippen molar-refractivity contribution in [3.63, 3.8) is 0 Å². The molecule has 0 fully saturated rings. The van der Waals surface area contributed by atoms with Gasteiger partial charge < -0.3 is 9.67 Å². The highest BCUT2D eigenvalue weighted by molar-refractivity contribution is 9.10. The number of aromatic nitrogens is 2. The lowest BCUT2D eigenvalue weighted by Crippen LogP contribution is -1.92. The summed E-state index contributed by atoms with van der Waals surface area (Å²) in [4.78, 5) is 4.62. The van der Waals surface area contributed by atoms with Crippen molar-refractivity contribution in [3.05, 3.63) is 46.4 Å². The molecule has 0 saturated carbocycles. The Kier molecular flexibility index (Phi) is 2.82. The molecular weight excluding hydrogens is 304 g/mol. The van der Waals surface area contributed by atoms with Crippen LogP contribution >= 0.6 is 15.9 Å². The Balaban J connectivity index is 2.27. The normalized spacial score (nSPS) is 11.1. The van der Waals surface area contributed by atoms with Gasteiger partial charge in [-0.15, -0.1) is 0 Å². The van der Waals surface area contributed by atoms with Gasteiger partial charge in [0.2, 0.25) is 0 Å². The van der Waals surface area contributed by atoms with E-state index in [1.807, 2.05) is 30.7 Å². The third-order valence-corrected chi connectivity index (χ3v) is 3.73. The first-order chi connectivity index (χ1) is 9.06. The van der Waals surface area contributed by atoms with Gasteiger partial charge in [0.25, 0.3) is 0 Å². The standard InChI is InChI=1S/C15H13BrN2O/c1-9-3-6-13-12(7-9)17-15(18(13)2)11-5-4-10(16)8-14(11)19/h3-8,19H,1-2H3. The molecule has 0 spiro atoms. The maximum absolute atomic E-state index is 10.1. The molecule has 0 saturated heterocycles. The highest BCUT2D eigenvalue weighted by Gasteiger charge is 2.13. The Labute approximate surface area is 119 Å². The second-order valence-electron chi connectivity index (χ2n) is 4.65. The average Bonchev–Trinajstić information content (AvgIpc) is 2.66. The number of aryl methyl sites for hydroxylation is 2. The molecule has 4 heteroatoms. The molecule has 1 aromatic heterocycles. The van der Waals surface area contributed by atoms with Gasteiger partial charge >= 0.3 is 0 Å². The number of halogens is 1. The molecule has 0 atom stereocenters. The van der Waals surface area contributed by atoms with Crippen LogP contribution in [0.3, 0.4) is 0 Å². The van der Waals surface area contributed by atoms with Crippen molar-refractivity contribution in [3.8, 4) is 17.1 Å². The van der Waals surface area contributed by atoms with Crippen LogP contribution in [-0.2, 0) is 7.05 Å². The van der Waals surface area contributed by atoms with Crippen molar-refractivity contribution < 1.29 is 5.11 Å². The number of nitrogens with zero attached hydrogens (tertiary/aromatic N) is 2. The first-order valence-electron chi connectivity index (χ1n) is 5.98. The topological polar surface area (TPSA) is 38.1 Å². The van der Waals surface area contributed by atoms with E-state index in [1.165, 1.54) is 5.56 Å². The molecule has 2 aromatic carbocycles. The van der Waals surface area contributed by atoms with E-state index in [0.717, 1.165) is 26.9 Å². The van der Waals surface area contributed by atoms with Gasteiger partial charge in [-0.3, -0.25) is 0 Å². The predicted molar refractivity (Wildman–Crippen MR) is 80.3 cm³/mol. The molecule has 0 aliphatic heterocycles. The Morgan fingerprint density at radius 1 is 1.16 bits per heavy atom.